The zero-order valence-electron chi connectivity index (χ0n) is 14.6. The van der Waals surface area contributed by atoms with Crippen molar-refractivity contribution in [2.75, 3.05) is 7.11 Å². The highest BCUT2D eigenvalue weighted by Crippen LogP contribution is 2.28. The van der Waals surface area contributed by atoms with Crippen molar-refractivity contribution in [2.24, 2.45) is 0 Å². The summed E-state index contributed by atoms with van der Waals surface area (Å²) in [6.45, 7) is 5.71. The van der Waals surface area contributed by atoms with E-state index in [4.69, 9.17) is 19.5 Å². The summed E-state index contributed by atoms with van der Waals surface area (Å²) in [5.41, 5.74) is 2.38. The molecule has 0 aromatic heterocycles. The van der Waals surface area contributed by atoms with E-state index in [0.29, 0.717) is 0 Å². The molecule has 0 saturated carbocycles. The van der Waals surface area contributed by atoms with Crippen LogP contribution < -0.4 is 5.32 Å². The number of nitrogens with zero attached hydrogens (tertiary/aromatic N) is 1. The van der Waals surface area contributed by atoms with Gasteiger partial charge in [-0.05, 0) is 51.5 Å². The fourth-order valence-electron chi connectivity index (χ4n) is 2.75. The lowest BCUT2D eigenvalue weighted by molar-refractivity contribution is -0.179. The van der Waals surface area contributed by atoms with Gasteiger partial charge in [0.2, 0.25) is 6.29 Å². The summed E-state index contributed by atoms with van der Waals surface area (Å²) >= 11 is 0. The van der Waals surface area contributed by atoms with Crippen LogP contribution in [0.15, 0.2) is 11.3 Å². The zero-order valence-corrected chi connectivity index (χ0v) is 14.6. The van der Waals surface area contributed by atoms with Gasteiger partial charge in [-0.1, -0.05) is 6.92 Å². The third kappa shape index (κ3) is 6.59. The van der Waals surface area contributed by atoms with Crippen LogP contribution >= 0.6 is 0 Å². The molecule has 0 aromatic rings. The van der Waals surface area contributed by atoms with Crippen LogP contribution in [0.3, 0.4) is 0 Å². The molecule has 6 nitrogen and oxygen atoms in total. The Morgan fingerprint density at radius 2 is 2.04 bits per heavy atom. The quantitative estimate of drug-likeness (QED) is 0.519. The van der Waals surface area contributed by atoms with Crippen molar-refractivity contribution >= 4 is 5.97 Å². The first-order valence-electron chi connectivity index (χ1n) is 8.24. The molecule has 1 aliphatic rings. The van der Waals surface area contributed by atoms with Gasteiger partial charge >= 0.3 is 5.97 Å². The Hall–Kier alpha value is -1.58. The van der Waals surface area contributed by atoms with Crippen molar-refractivity contribution in [3.05, 3.63) is 11.3 Å². The van der Waals surface area contributed by atoms with Crippen LogP contribution in [0.2, 0.25) is 0 Å². The van der Waals surface area contributed by atoms with Crippen LogP contribution in [-0.2, 0) is 19.0 Å². The van der Waals surface area contributed by atoms with Gasteiger partial charge in [-0.25, -0.2) is 0 Å². The monoisotopic (exact) mass is 324 g/mol. The average Bonchev–Trinajstić information content (AvgIpc) is 2.52. The highest BCUT2D eigenvalue weighted by atomic mass is 16.7. The van der Waals surface area contributed by atoms with E-state index < -0.39 is 12.3 Å². The lowest BCUT2D eigenvalue weighted by atomic mass is 9.92. The van der Waals surface area contributed by atoms with E-state index in [1.807, 2.05) is 6.92 Å². The van der Waals surface area contributed by atoms with Crippen molar-refractivity contribution < 1.29 is 19.0 Å². The predicted octanol–water partition coefficient (Wildman–Crippen LogP) is 2.99. The third-order valence-electron chi connectivity index (χ3n) is 3.91. The third-order valence-corrected chi connectivity index (χ3v) is 3.91. The Balaban J connectivity index is 2.69. The Labute approximate surface area is 138 Å². The molecule has 0 bridgehead atoms. The van der Waals surface area contributed by atoms with E-state index in [2.05, 4.69) is 12.2 Å². The molecule has 23 heavy (non-hydrogen) atoms. The van der Waals surface area contributed by atoms with Crippen molar-refractivity contribution in [3.8, 4) is 6.07 Å². The van der Waals surface area contributed by atoms with Gasteiger partial charge in [-0.15, -0.1) is 0 Å². The highest BCUT2D eigenvalue weighted by molar-refractivity contribution is 5.71. The number of nitriles is 1. The molecule has 3 atom stereocenters. The standard InChI is InChI=1S/C17H28N2O4/c1-5-16(21-4)19-15-9-7-6-8-14(15)12(2)22-13(3)23-17(20)10-11-18/h12-13,16,19H,5-10H2,1-4H3. The maximum absolute atomic E-state index is 11.3. The maximum Gasteiger partial charge on any atom is 0.322 e. The average molecular weight is 324 g/mol. The van der Waals surface area contributed by atoms with Gasteiger partial charge in [0.1, 0.15) is 12.6 Å². The summed E-state index contributed by atoms with van der Waals surface area (Å²) < 4.78 is 16.3. The number of hydrogen-bond acceptors (Lipinski definition) is 6. The second-order valence-corrected chi connectivity index (χ2v) is 5.66. The lowest BCUT2D eigenvalue weighted by Crippen LogP contribution is -2.34. The molecule has 130 valence electrons. The molecule has 1 aliphatic carbocycles. The number of methoxy groups -OCH3 is 1. The topological polar surface area (TPSA) is 80.6 Å². The number of carbonyl (C=O) groups excluding carboxylic acids is 1. The molecule has 0 fully saturated rings. The summed E-state index contributed by atoms with van der Waals surface area (Å²) in [4.78, 5) is 11.3. The van der Waals surface area contributed by atoms with Crippen LogP contribution in [0.4, 0.5) is 0 Å². The number of esters is 1. The van der Waals surface area contributed by atoms with Crippen LogP contribution in [-0.4, -0.2) is 31.7 Å². The van der Waals surface area contributed by atoms with Crippen molar-refractivity contribution in [1.29, 1.82) is 5.26 Å². The molecule has 3 unspecified atom stereocenters. The fraction of sp³-hybridized carbons (Fsp3) is 0.765. The summed E-state index contributed by atoms with van der Waals surface area (Å²) in [5.74, 6) is -0.561. The minimum atomic E-state index is -0.675. The number of nitrogens with one attached hydrogen (secondary N) is 1. The van der Waals surface area contributed by atoms with Crippen LogP contribution in [0.1, 0.15) is 59.3 Å². The fourth-order valence-corrected chi connectivity index (χ4v) is 2.75. The van der Waals surface area contributed by atoms with Crippen LogP contribution in [0.25, 0.3) is 0 Å². The number of ether oxygens (including phenoxy) is 3. The molecule has 0 heterocycles. The van der Waals surface area contributed by atoms with Crippen molar-refractivity contribution in [2.45, 2.75) is 77.9 Å². The molecule has 6 heteroatoms. The van der Waals surface area contributed by atoms with Gasteiger partial charge in [0.05, 0.1) is 12.2 Å². The summed E-state index contributed by atoms with van der Waals surface area (Å²) in [6.07, 6.45) is 3.99. The van der Waals surface area contributed by atoms with E-state index in [1.54, 1.807) is 20.1 Å². The summed E-state index contributed by atoms with van der Waals surface area (Å²) in [7, 11) is 1.70. The van der Waals surface area contributed by atoms with Crippen molar-refractivity contribution in [1.82, 2.24) is 5.32 Å². The molecule has 0 aromatic carbocycles. The van der Waals surface area contributed by atoms with E-state index >= 15 is 0 Å². The number of allylic oxidation sites excluding steroid dienone is 1. The zero-order chi connectivity index (χ0) is 17.2. The molecular weight excluding hydrogens is 296 g/mol. The summed E-state index contributed by atoms with van der Waals surface area (Å²) in [5, 5.41) is 11.9. The minimum absolute atomic E-state index is 0.00354. The molecule has 0 amide bonds. The Kier molecular flexibility index (Phi) is 8.67. The van der Waals surface area contributed by atoms with Gasteiger partial charge in [0, 0.05) is 12.8 Å². The minimum Gasteiger partial charge on any atom is -0.435 e. The first kappa shape index (κ1) is 19.5. The van der Waals surface area contributed by atoms with Gasteiger partial charge in [0.15, 0.2) is 0 Å². The van der Waals surface area contributed by atoms with E-state index in [1.165, 1.54) is 11.3 Å². The van der Waals surface area contributed by atoms with E-state index in [0.717, 1.165) is 32.1 Å². The van der Waals surface area contributed by atoms with E-state index in [9.17, 15) is 4.79 Å². The lowest BCUT2D eigenvalue weighted by Gasteiger charge is -2.29. The summed E-state index contributed by atoms with van der Waals surface area (Å²) in [6, 6.07) is 1.77. The molecule has 0 radical (unpaired) electrons. The Bertz CT molecular complexity index is 452. The van der Waals surface area contributed by atoms with E-state index in [-0.39, 0.29) is 18.8 Å². The normalized spacial score (nSPS) is 18.7. The van der Waals surface area contributed by atoms with Gasteiger partial charge in [-0.3, -0.25) is 4.79 Å². The molecular formula is C17H28N2O4. The molecule has 0 spiro atoms. The molecule has 0 saturated heterocycles. The Morgan fingerprint density at radius 1 is 1.35 bits per heavy atom. The number of hydrogen-bond donors (Lipinski definition) is 1. The first-order chi connectivity index (χ1) is 11.0. The molecule has 1 rings (SSSR count). The Morgan fingerprint density at radius 3 is 2.65 bits per heavy atom. The van der Waals surface area contributed by atoms with Crippen LogP contribution in [0.5, 0.6) is 0 Å². The van der Waals surface area contributed by atoms with Gasteiger partial charge in [0.25, 0.3) is 0 Å². The molecule has 1 N–H and O–H groups in total. The second kappa shape index (κ2) is 10.2. The highest BCUT2D eigenvalue weighted by Gasteiger charge is 2.22. The number of rotatable bonds is 9. The first-order valence-corrected chi connectivity index (χ1v) is 8.24. The maximum atomic E-state index is 11.3. The second-order valence-electron chi connectivity index (χ2n) is 5.66. The van der Waals surface area contributed by atoms with Crippen molar-refractivity contribution in [3.63, 3.8) is 0 Å². The largest absolute Gasteiger partial charge is 0.435 e. The number of carbonyl (C=O) groups is 1. The van der Waals surface area contributed by atoms with Gasteiger partial charge in [-0.2, -0.15) is 5.26 Å². The molecule has 0 aliphatic heterocycles. The van der Waals surface area contributed by atoms with Crippen LogP contribution in [0, 0.1) is 11.3 Å². The van der Waals surface area contributed by atoms with Gasteiger partial charge < -0.3 is 19.5 Å². The predicted molar refractivity (Wildman–Crippen MR) is 86.0 cm³/mol. The smallest absolute Gasteiger partial charge is 0.322 e. The SMILES string of the molecule is CCC(NC1=C(C(C)OC(C)OC(=O)CC#N)CCCC1)OC.